The summed E-state index contributed by atoms with van der Waals surface area (Å²) in [6.07, 6.45) is 3.02. The number of aryl methyl sites for hydroxylation is 1. The second-order valence-electron chi connectivity index (χ2n) is 5.30. The summed E-state index contributed by atoms with van der Waals surface area (Å²) >= 11 is 0. The van der Waals surface area contributed by atoms with Crippen molar-refractivity contribution in [1.82, 2.24) is 14.9 Å². The molecule has 2 heterocycles. The molecule has 0 unspecified atom stereocenters. The van der Waals surface area contributed by atoms with Gasteiger partial charge in [-0.05, 0) is 24.3 Å². The Kier molecular flexibility index (Phi) is 3.59. The minimum Gasteiger partial charge on any atom is -0.311 e. The quantitative estimate of drug-likeness (QED) is 0.933. The molecule has 0 saturated heterocycles. The number of benzene rings is 1. The summed E-state index contributed by atoms with van der Waals surface area (Å²) in [5.74, 6) is 1.02. The second kappa shape index (κ2) is 5.27. The Morgan fingerprint density at radius 2 is 2.00 bits per heavy atom. The van der Waals surface area contributed by atoms with Crippen LogP contribution in [0.15, 0.2) is 29.2 Å². The van der Waals surface area contributed by atoms with Crippen molar-refractivity contribution in [3.8, 4) is 5.69 Å². The van der Waals surface area contributed by atoms with Gasteiger partial charge < -0.3 is 9.88 Å². The van der Waals surface area contributed by atoms with E-state index in [-0.39, 0.29) is 0 Å². The average Bonchev–Trinajstić information content (AvgIpc) is 2.85. The van der Waals surface area contributed by atoms with Gasteiger partial charge in [-0.25, -0.2) is 13.4 Å². The molecule has 0 spiro atoms. The number of aromatic nitrogens is 2. The first kappa shape index (κ1) is 14.3. The lowest BCUT2D eigenvalue weighted by molar-refractivity contribution is 0.602. The van der Waals surface area contributed by atoms with Crippen LogP contribution in [0.2, 0.25) is 0 Å². The van der Waals surface area contributed by atoms with Crippen LogP contribution < -0.4 is 5.32 Å². The molecule has 1 aromatic heterocycles. The van der Waals surface area contributed by atoms with Crippen molar-refractivity contribution in [3.05, 3.63) is 41.5 Å². The van der Waals surface area contributed by atoms with Gasteiger partial charge in [-0.1, -0.05) is 6.92 Å². The molecule has 2 aromatic rings. The zero-order valence-electron chi connectivity index (χ0n) is 12.3. The van der Waals surface area contributed by atoms with Gasteiger partial charge in [-0.3, -0.25) is 0 Å². The Labute approximate surface area is 124 Å². The Bertz CT molecular complexity index is 761. The van der Waals surface area contributed by atoms with Crippen LogP contribution in [0, 0.1) is 0 Å². The fourth-order valence-corrected chi connectivity index (χ4v) is 3.38. The van der Waals surface area contributed by atoms with E-state index in [4.69, 9.17) is 4.98 Å². The van der Waals surface area contributed by atoms with Crippen LogP contribution in [-0.4, -0.2) is 30.8 Å². The number of nitrogens with one attached hydrogen (secondary N) is 1. The Balaban J connectivity index is 2.10. The first-order chi connectivity index (χ1) is 10.0. The first-order valence-electron chi connectivity index (χ1n) is 7.11. The van der Waals surface area contributed by atoms with Crippen molar-refractivity contribution < 1.29 is 8.42 Å². The van der Waals surface area contributed by atoms with Gasteiger partial charge in [0.1, 0.15) is 5.82 Å². The van der Waals surface area contributed by atoms with Crippen molar-refractivity contribution in [3.63, 3.8) is 0 Å². The van der Waals surface area contributed by atoms with E-state index in [1.807, 2.05) is 12.1 Å². The summed E-state index contributed by atoms with van der Waals surface area (Å²) in [7, 11) is -3.16. The van der Waals surface area contributed by atoms with Crippen LogP contribution in [0.5, 0.6) is 0 Å². The third-order valence-corrected chi connectivity index (χ3v) is 4.92. The summed E-state index contributed by atoms with van der Waals surface area (Å²) in [6, 6.07) is 7.05. The van der Waals surface area contributed by atoms with Crippen molar-refractivity contribution in [2.75, 3.05) is 12.8 Å². The van der Waals surface area contributed by atoms with Gasteiger partial charge in [0, 0.05) is 43.6 Å². The normalized spacial score (nSPS) is 15.0. The zero-order valence-corrected chi connectivity index (χ0v) is 13.1. The molecule has 1 aromatic carbocycles. The fraction of sp³-hybridized carbons (Fsp3) is 0.400. The maximum absolute atomic E-state index is 11.6. The van der Waals surface area contributed by atoms with Crippen LogP contribution in [0.3, 0.4) is 0 Å². The summed E-state index contributed by atoms with van der Waals surface area (Å²) < 4.78 is 25.3. The third-order valence-electron chi connectivity index (χ3n) is 3.80. The Morgan fingerprint density at radius 3 is 2.62 bits per heavy atom. The van der Waals surface area contributed by atoms with Crippen LogP contribution in [0.1, 0.15) is 24.1 Å². The predicted octanol–water partition coefficient (Wildman–Crippen LogP) is 1.48. The molecule has 0 saturated carbocycles. The van der Waals surface area contributed by atoms with Crippen LogP contribution in [0.4, 0.5) is 0 Å². The van der Waals surface area contributed by atoms with Crippen molar-refractivity contribution in [2.24, 2.45) is 0 Å². The summed E-state index contributed by atoms with van der Waals surface area (Å²) in [4.78, 5) is 5.05. The smallest absolute Gasteiger partial charge is 0.175 e. The number of fused-ring (bicyclic) bond motifs is 1. The maximum Gasteiger partial charge on any atom is 0.175 e. The highest BCUT2D eigenvalue weighted by Crippen LogP contribution is 2.23. The molecule has 0 amide bonds. The lowest BCUT2D eigenvalue weighted by Crippen LogP contribution is -2.24. The number of nitrogens with zero attached hydrogens (tertiary/aromatic N) is 2. The topological polar surface area (TPSA) is 64.0 Å². The molecule has 0 aliphatic carbocycles. The van der Waals surface area contributed by atoms with E-state index in [9.17, 15) is 8.42 Å². The van der Waals surface area contributed by atoms with E-state index in [1.165, 1.54) is 11.9 Å². The van der Waals surface area contributed by atoms with E-state index in [2.05, 4.69) is 16.8 Å². The van der Waals surface area contributed by atoms with Gasteiger partial charge >= 0.3 is 0 Å². The molecule has 0 bridgehead atoms. The van der Waals surface area contributed by atoms with Gasteiger partial charge in [-0.2, -0.15) is 0 Å². The summed E-state index contributed by atoms with van der Waals surface area (Å²) in [5, 5.41) is 3.33. The van der Waals surface area contributed by atoms with E-state index in [0.717, 1.165) is 43.1 Å². The van der Waals surface area contributed by atoms with Crippen LogP contribution in [-0.2, 0) is 29.2 Å². The molecule has 0 fully saturated rings. The molecule has 112 valence electrons. The molecule has 1 aliphatic rings. The average molecular weight is 305 g/mol. The number of sulfone groups is 1. The minimum atomic E-state index is -3.16. The van der Waals surface area contributed by atoms with Crippen LogP contribution >= 0.6 is 0 Å². The minimum absolute atomic E-state index is 0.347. The maximum atomic E-state index is 11.6. The number of hydrogen-bond acceptors (Lipinski definition) is 4. The second-order valence-corrected chi connectivity index (χ2v) is 7.32. The van der Waals surface area contributed by atoms with Gasteiger partial charge in [0.25, 0.3) is 0 Å². The van der Waals surface area contributed by atoms with Crippen molar-refractivity contribution in [1.29, 1.82) is 0 Å². The zero-order chi connectivity index (χ0) is 15.0. The monoisotopic (exact) mass is 305 g/mol. The molecule has 5 nitrogen and oxygen atoms in total. The van der Waals surface area contributed by atoms with E-state index in [1.54, 1.807) is 12.1 Å². The highest BCUT2D eigenvalue weighted by Gasteiger charge is 2.20. The molecule has 1 N–H and O–H groups in total. The fourth-order valence-electron chi connectivity index (χ4n) is 2.75. The standard InChI is InChI=1S/C15H19N3O2S/c1-3-15-17-13-10-16-9-8-14(13)18(15)11-4-6-12(7-5-11)21(2,19)20/h4-7,16H,3,8-10H2,1-2H3. The Morgan fingerprint density at radius 1 is 1.29 bits per heavy atom. The van der Waals surface area contributed by atoms with Crippen molar-refractivity contribution >= 4 is 9.84 Å². The lowest BCUT2D eigenvalue weighted by Gasteiger charge is -2.16. The summed E-state index contributed by atoms with van der Waals surface area (Å²) in [5.41, 5.74) is 3.32. The van der Waals surface area contributed by atoms with Gasteiger partial charge in [0.2, 0.25) is 0 Å². The molecule has 3 rings (SSSR count). The lowest BCUT2D eigenvalue weighted by atomic mass is 10.1. The highest BCUT2D eigenvalue weighted by molar-refractivity contribution is 7.90. The summed E-state index contributed by atoms with van der Waals surface area (Å²) in [6.45, 7) is 3.84. The molecule has 0 radical (unpaired) electrons. The van der Waals surface area contributed by atoms with E-state index in [0.29, 0.717) is 4.90 Å². The molecule has 6 heteroatoms. The third kappa shape index (κ3) is 2.61. The largest absolute Gasteiger partial charge is 0.311 e. The molecular weight excluding hydrogens is 286 g/mol. The molecule has 21 heavy (non-hydrogen) atoms. The van der Waals surface area contributed by atoms with Gasteiger partial charge in [-0.15, -0.1) is 0 Å². The van der Waals surface area contributed by atoms with Crippen molar-refractivity contribution in [2.45, 2.75) is 31.2 Å². The number of rotatable bonds is 3. The van der Waals surface area contributed by atoms with Gasteiger partial charge in [0.05, 0.1) is 10.6 Å². The van der Waals surface area contributed by atoms with E-state index >= 15 is 0 Å². The van der Waals surface area contributed by atoms with E-state index < -0.39 is 9.84 Å². The first-order valence-corrected chi connectivity index (χ1v) is 9.00. The van der Waals surface area contributed by atoms with Crippen LogP contribution in [0.25, 0.3) is 5.69 Å². The molecule has 1 aliphatic heterocycles. The SMILES string of the molecule is CCc1nc2c(n1-c1ccc(S(C)(=O)=O)cc1)CCNC2. The molecule has 0 atom stereocenters. The Hall–Kier alpha value is -1.66. The predicted molar refractivity (Wildman–Crippen MR) is 81.5 cm³/mol. The number of imidazole rings is 1. The molecular formula is C15H19N3O2S. The highest BCUT2D eigenvalue weighted by atomic mass is 32.2. The van der Waals surface area contributed by atoms with Gasteiger partial charge in [0.15, 0.2) is 9.84 Å². The number of hydrogen-bond donors (Lipinski definition) is 1.